The average molecular weight is 406 g/mol. The van der Waals surface area contributed by atoms with Gasteiger partial charge in [0.15, 0.2) is 11.4 Å². The van der Waals surface area contributed by atoms with Gasteiger partial charge in [0.1, 0.15) is 11.3 Å². The molecular weight excluding hydrogens is 393 g/mol. The number of carboxylic acid groups (broad SMARTS) is 1. The number of hydrogen-bond acceptors (Lipinski definition) is 6. The maximum Gasteiger partial charge on any atom is 0.490 e. The molecule has 4 aromatic rings. The maximum atomic E-state index is 10.6. The highest BCUT2D eigenvalue weighted by Crippen LogP contribution is 2.28. The van der Waals surface area contributed by atoms with Gasteiger partial charge < -0.3 is 19.2 Å². The first-order chi connectivity index (χ1) is 13.8. The Morgan fingerprint density at radius 1 is 1.21 bits per heavy atom. The molecular formula is C18H13F3N4O4. The zero-order chi connectivity index (χ0) is 21.0. The lowest BCUT2D eigenvalue weighted by Gasteiger charge is -2.03. The van der Waals surface area contributed by atoms with Crippen molar-refractivity contribution in [2.75, 3.05) is 7.11 Å². The number of hydrogen-bond donors (Lipinski definition) is 2. The Kier molecular flexibility index (Phi) is 5.48. The second kappa shape index (κ2) is 8.00. The minimum absolute atomic E-state index is 0.473. The van der Waals surface area contributed by atoms with E-state index in [1.54, 1.807) is 31.9 Å². The van der Waals surface area contributed by atoms with E-state index in [2.05, 4.69) is 19.9 Å². The molecule has 0 unspecified atom stereocenters. The summed E-state index contributed by atoms with van der Waals surface area (Å²) in [7, 11) is 1.62. The number of imidazole rings is 1. The summed E-state index contributed by atoms with van der Waals surface area (Å²) in [6.45, 7) is 0. The minimum atomic E-state index is -5.08. The fraction of sp³-hybridized carbons (Fsp3) is 0.111. The first kappa shape index (κ1) is 19.9. The number of aliphatic carboxylic acids is 1. The van der Waals surface area contributed by atoms with E-state index in [9.17, 15) is 13.2 Å². The van der Waals surface area contributed by atoms with Gasteiger partial charge in [0.2, 0.25) is 0 Å². The van der Waals surface area contributed by atoms with Gasteiger partial charge in [-0.25, -0.2) is 14.8 Å². The first-order valence-corrected chi connectivity index (χ1v) is 7.98. The highest BCUT2D eigenvalue weighted by Gasteiger charge is 2.38. The van der Waals surface area contributed by atoms with Gasteiger partial charge in [-0.15, -0.1) is 0 Å². The molecule has 2 N–H and O–H groups in total. The molecule has 0 fully saturated rings. The molecule has 0 atom stereocenters. The second-order valence-corrected chi connectivity index (χ2v) is 5.56. The molecule has 1 aromatic carbocycles. The van der Waals surface area contributed by atoms with Gasteiger partial charge in [-0.05, 0) is 23.8 Å². The highest BCUT2D eigenvalue weighted by molar-refractivity contribution is 5.81. The number of pyridine rings is 1. The van der Waals surface area contributed by atoms with Crippen molar-refractivity contribution in [1.29, 1.82) is 0 Å². The molecule has 0 amide bonds. The number of ether oxygens (including phenoxy) is 1. The van der Waals surface area contributed by atoms with Crippen LogP contribution in [-0.2, 0) is 4.79 Å². The van der Waals surface area contributed by atoms with Crippen molar-refractivity contribution < 1.29 is 32.2 Å². The summed E-state index contributed by atoms with van der Waals surface area (Å²) in [4.78, 5) is 24.6. The molecule has 0 aliphatic carbocycles. The Hall–Kier alpha value is -3.89. The van der Waals surface area contributed by atoms with Crippen LogP contribution in [0.3, 0.4) is 0 Å². The van der Waals surface area contributed by atoms with Crippen LogP contribution in [0, 0.1) is 0 Å². The van der Waals surface area contributed by atoms with Gasteiger partial charge in [-0.1, -0.05) is 6.07 Å². The predicted octanol–water partition coefficient (Wildman–Crippen LogP) is 3.92. The Bertz CT molecular complexity index is 1120. The van der Waals surface area contributed by atoms with E-state index in [1.165, 1.54) is 0 Å². The lowest BCUT2D eigenvalue weighted by atomic mass is 10.1. The van der Waals surface area contributed by atoms with E-state index >= 15 is 0 Å². The van der Waals surface area contributed by atoms with Crippen molar-refractivity contribution >= 4 is 17.1 Å². The van der Waals surface area contributed by atoms with Crippen molar-refractivity contribution in [3.63, 3.8) is 0 Å². The molecule has 150 valence electrons. The number of carboxylic acids is 1. The quantitative estimate of drug-likeness (QED) is 0.530. The number of fused-ring (bicyclic) bond motifs is 1. The van der Waals surface area contributed by atoms with Crippen LogP contribution in [0.15, 0.2) is 53.5 Å². The maximum absolute atomic E-state index is 10.6. The van der Waals surface area contributed by atoms with Crippen LogP contribution in [0.25, 0.3) is 33.9 Å². The SMILES string of the molecule is COc1cncc(-c2ccc3nc(-c4ncc[nH]4)oc3c2)c1.O=C(O)C(F)(F)F. The largest absolute Gasteiger partial charge is 0.495 e. The molecule has 8 nitrogen and oxygen atoms in total. The van der Waals surface area contributed by atoms with Crippen LogP contribution >= 0.6 is 0 Å². The van der Waals surface area contributed by atoms with Crippen LogP contribution < -0.4 is 4.74 Å². The number of aromatic amines is 1. The fourth-order valence-electron chi connectivity index (χ4n) is 2.28. The molecule has 0 aliphatic rings. The fourth-order valence-corrected chi connectivity index (χ4v) is 2.28. The van der Waals surface area contributed by atoms with E-state index in [4.69, 9.17) is 19.1 Å². The summed E-state index contributed by atoms with van der Waals surface area (Å²) in [5.74, 6) is -0.958. The summed E-state index contributed by atoms with van der Waals surface area (Å²) in [5.41, 5.74) is 3.43. The van der Waals surface area contributed by atoms with E-state index in [0.717, 1.165) is 16.6 Å². The summed E-state index contributed by atoms with van der Waals surface area (Å²) < 4.78 is 42.7. The average Bonchev–Trinajstić information content (AvgIpc) is 3.36. The van der Waals surface area contributed by atoms with Crippen molar-refractivity contribution in [3.05, 3.63) is 49.1 Å². The Morgan fingerprint density at radius 3 is 2.59 bits per heavy atom. The monoisotopic (exact) mass is 406 g/mol. The summed E-state index contributed by atoms with van der Waals surface area (Å²) >= 11 is 0. The Labute approximate surface area is 161 Å². The molecule has 4 rings (SSSR count). The molecule has 3 heterocycles. The molecule has 0 saturated heterocycles. The highest BCUT2D eigenvalue weighted by atomic mass is 19.4. The number of carbonyl (C=O) groups is 1. The molecule has 0 spiro atoms. The lowest BCUT2D eigenvalue weighted by Crippen LogP contribution is -2.21. The number of rotatable bonds is 3. The van der Waals surface area contributed by atoms with Crippen LogP contribution in [0.1, 0.15) is 0 Å². The van der Waals surface area contributed by atoms with Gasteiger partial charge in [-0.3, -0.25) is 4.98 Å². The van der Waals surface area contributed by atoms with E-state index in [0.29, 0.717) is 23.0 Å². The number of H-pyrrole nitrogens is 1. The smallest absolute Gasteiger partial charge is 0.490 e. The molecule has 0 bridgehead atoms. The number of nitrogens with one attached hydrogen (secondary N) is 1. The Balaban J connectivity index is 0.000000298. The summed E-state index contributed by atoms with van der Waals surface area (Å²) in [5, 5.41) is 7.12. The zero-order valence-corrected chi connectivity index (χ0v) is 14.8. The van der Waals surface area contributed by atoms with Gasteiger partial charge in [0.25, 0.3) is 5.89 Å². The molecule has 0 aliphatic heterocycles. The van der Waals surface area contributed by atoms with Crippen molar-refractivity contribution in [2.45, 2.75) is 6.18 Å². The lowest BCUT2D eigenvalue weighted by molar-refractivity contribution is -0.192. The van der Waals surface area contributed by atoms with Crippen molar-refractivity contribution in [2.24, 2.45) is 0 Å². The molecule has 29 heavy (non-hydrogen) atoms. The topological polar surface area (TPSA) is 114 Å². The number of nitrogens with zero attached hydrogens (tertiary/aromatic N) is 3. The third-order valence-corrected chi connectivity index (χ3v) is 3.61. The van der Waals surface area contributed by atoms with E-state index in [-0.39, 0.29) is 0 Å². The van der Waals surface area contributed by atoms with Crippen LogP contribution in [0.5, 0.6) is 5.75 Å². The number of alkyl halides is 3. The third-order valence-electron chi connectivity index (χ3n) is 3.61. The number of halogens is 3. The van der Waals surface area contributed by atoms with Crippen LogP contribution in [-0.4, -0.2) is 44.3 Å². The standard InChI is InChI=1S/C16H12N4O2.C2HF3O2/c1-21-12-6-11(8-17-9-12)10-2-3-13-14(7-10)22-16(20-13)15-18-4-5-19-15;3-2(4,5)1(6)7/h2-9H,1H3,(H,18,19);(H,6,7). The van der Waals surface area contributed by atoms with Gasteiger partial charge in [0.05, 0.1) is 13.3 Å². The van der Waals surface area contributed by atoms with Crippen LogP contribution in [0.2, 0.25) is 0 Å². The molecule has 3 aromatic heterocycles. The first-order valence-electron chi connectivity index (χ1n) is 7.98. The molecule has 0 saturated carbocycles. The third kappa shape index (κ3) is 4.69. The van der Waals surface area contributed by atoms with Gasteiger partial charge in [-0.2, -0.15) is 13.2 Å². The number of oxazole rings is 1. The molecule has 0 radical (unpaired) electrons. The van der Waals surface area contributed by atoms with Gasteiger partial charge >= 0.3 is 12.1 Å². The predicted molar refractivity (Wildman–Crippen MR) is 95.1 cm³/mol. The van der Waals surface area contributed by atoms with Crippen LogP contribution in [0.4, 0.5) is 13.2 Å². The Morgan fingerprint density at radius 2 is 1.97 bits per heavy atom. The van der Waals surface area contributed by atoms with E-state index < -0.39 is 12.1 Å². The minimum Gasteiger partial charge on any atom is -0.495 e. The van der Waals surface area contributed by atoms with Crippen molar-refractivity contribution in [3.8, 4) is 28.6 Å². The van der Waals surface area contributed by atoms with E-state index in [1.807, 2.05) is 24.3 Å². The number of benzene rings is 1. The molecule has 11 heteroatoms. The van der Waals surface area contributed by atoms with Crippen molar-refractivity contribution in [1.82, 2.24) is 19.9 Å². The number of aromatic nitrogens is 4. The number of methoxy groups -OCH3 is 1. The summed E-state index contributed by atoms with van der Waals surface area (Å²) in [6, 6.07) is 7.76. The zero-order valence-electron chi connectivity index (χ0n) is 14.8. The summed E-state index contributed by atoms with van der Waals surface area (Å²) in [6.07, 6.45) is 1.77. The van der Waals surface area contributed by atoms with Gasteiger partial charge in [0, 0.05) is 24.2 Å². The second-order valence-electron chi connectivity index (χ2n) is 5.56. The normalized spacial score (nSPS) is 11.0.